The minimum absolute atomic E-state index is 0.204. The fourth-order valence-electron chi connectivity index (χ4n) is 1.14. The third-order valence-corrected chi connectivity index (χ3v) is 2.92. The molecule has 0 aliphatic heterocycles. The summed E-state index contributed by atoms with van der Waals surface area (Å²) < 4.78 is 42.9. The lowest BCUT2D eigenvalue weighted by molar-refractivity contribution is -0.137. The molecule has 0 spiro atoms. The average Bonchev–Trinajstić information content (AvgIpc) is 2.90. The van der Waals surface area contributed by atoms with Gasteiger partial charge >= 0.3 is 6.18 Å². The fourth-order valence-corrected chi connectivity index (χ4v) is 1.78. The average molecular weight is 328 g/mol. The molecule has 1 aliphatic carbocycles. The zero-order chi connectivity index (χ0) is 11.1. The summed E-state index contributed by atoms with van der Waals surface area (Å²) in [5, 5.41) is 0. The monoisotopic (exact) mass is 328 g/mol. The van der Waals surface area contributed by atoms with Crippen LogP contribution in [0.25, 0.3) is 0 Å². The second kappa shape index (κ2) is 3.84. The first-order valence-corrected chi connectivity index (χ1v) is 5.58. The summed E-state index contributed by atoms with van der Waals surface area (Å²) in [5.41, 5.74) is -0.630. The minimum Gasteiger partial charge on any atom is -0.489 e. The number of hydrogen-bond donors (Lipinski definition) is 0. The Morgan fingerprint density at radius 3 is 2.40 bits per heavy atom. The highest BCUT2D eigenvalue weighted by molar-refractivity contribution is 14.1. The molecule has 0 unspecified atom stereocenters. The third-order valence-electron chi connectivity index (χ3n) is 2.08. The van der Waals surface area contributed by atoms with Crippen LogP contribution < -0.4 is 4.74 Å². The second-order valence-electron chi connectivity index (χ2n) is 3.46. The van der Waals surface area contributed by atoms with Crippen LogP contribution in [0.3, 0.4) is 0 Å². The molecule has 0 bridgehead atoms. The van der Waals surface area contributed by atoms with E-state index in [-0.39, 0.29) is 6.10 Å². The van der Waals surface area contributed by atoms with Gasteiger partial charge in [-0.3, -0.25) is 0 Å². The van der Waals surface area contributed by atoms with Crippen LogP contribution >= 0.6 is 22.6 Å². The summed E-state index contributed by atoms with van der Waals surface area (Å²) in [6.07, 6.45) is -2.08. The van der Waals surface area contributed by atoms with Crippen molar-refractivity contribution in [2.75, 3.05) is 0 Å². The first-order chi connectivity index (χ1) is 6.97. The van der Waals surface area contributed by atoms with Crippen molar-refractivity contribution in [1.29, 1.82) is 0 Å². The first-order valence-electron chi connectivity index (χ1n) is 4.50. The number of alkyl halides is 3. The minimum atomic E-state index is -4.28. The Morgan fingerprint density at radius 1 is 1.27 bits per heavy atom. The molecular weight excluding hydrogens is 320 g/mol. The molecule has 82 valence electrons. The molecule has 0 atom stereocenters. The highest BCUT2D eigenvalue weighted by Crippen LogP contribution is 2.35. The van der Waals surface area contributed by atoms with E-state index >= 15 is 0 Å². The Labute approximate surface area is 98.8 Å². The van der Waals surface area contributed by atoms with Gasteiger partial charge in [0, 0.05) is 0 Å². The van der Waals surface area contributed by atoms with Gasteiger partial charge in [-0.1, -0.05) is 0 Å². The summed E-state index contributed by atoms with van der Waals surface area (Å²) in [7, 11) is 0. The van der Waals surface area contributed by atoms with Crippen molar-refractivity contribution >= 4 is 22.6 Å². The van der Waals surface area contributed by atoms with E-state index in [1.165, 1.54) is 6.07 Å². The van der Waals surface area contributed by atoms with Gasteiger partial charge < -0.3 is 4.74 Å². The van der Waals surface area contributed by atoms with E-state index in [4.69, 9.17) is 4.74 Å². The Hall–Kier alpha value is -0.460. The lowest BCUT2D eigenvalue weighted by Gasteiger charge is -2.10. The van der Waals surface area contributed by atoms with Crippen LogP contribution in [-0.2, 0) is 6.18 Å². The van der Waals surface area contributed by atoms with Crippen LogP contribution in [0, 0.1) is 3.57 Å². The Bertz CT molecular complexity index is 371. The molecule has 0 saturated heterocycles. The maximum atomic E-state index is 12.3. The van der Waals surface area contributed by atoms with E-state index in [0.717, 1.165) is 25.0 Å². The SMILES string of the molecule is FC(F)(F)c1ccc(OC2CC2)c(I)c1. The van der Waals surface area contributed by atoms with Crippen molar-refractivity contribution in [3.8, 4) is 5.75 Å². The summed E-state index contributed by atoms with van der Waals surface area (Å²) in [6, 6.07) is 3.56. The van der Waals surface area contributed by atoms with Crippen LogP contribution in [0.4, 0.5) is 13.2 Å². The lowest BCUT2D eigenvalue weighted by atomic mass is 10.2. The van der Waals surface area contributed by atoms with Gasteiger partial charge in [0.1, 0.15) is 5.75 Å². The van der Waals surface area contributed by atoms with Crippen LogP contribution in [0.1, 0.15) is 18.4 Å². The molecule has 1 nitrogen and oxygen atoms in total. The van der Waals surface area contributed by atoms with E-state index in [2.05, 4.69) is 0 Å². The standard InChI is InChI=1S/C10H8F3IO/c11-10(12,13)6-1-4-9(8(14)5-6)15-7-2-3-7/h1,4-5,7H,2-3H2. The Morgan fingerprint density at radius 2 is 1.93 bits per heavy atom. The quantitative estimate of drug-likeness (QED) is 0.750. The zero-order valence-corrected chi connectivity index (χ0v) is 9.80. The lowest BCUT2D eigenvalue weighted by Crippen LogP contribution is -2.06. The number of benzene rings is 1. The predicted octanol–water partition coefficient (Wildman–Crippen LogP) is 3.85. The van der Waals surface area contributed by atoms with Crippen LogP contribution in [0.2, 0.25) is 0 Å². The van der Waals surface area contributed by atoms with Crippen LogP contribution in [-0.4, -0.2) is 6.10 Å². The molecule has 1 aromatic carbocycles. The van der Waals surface area contributed by atoms with Gasteiger partial charge in [0.25, 0.3) is 0 Å². The summed E-state index contributed by atoms with van der Waals surface area (Å²) in [5.74, 6) is 0.547. The van der Waals surface area contributed by atoms with E-state index < -0.39 is 11.7 Å². The molecule has 2 rings (SSSR count). The van der Waals surface area contributed by atoms with Crippen LogP contribution in [0.5, 0.6) is 5.75 Å². The highest BCUT2D eigenvalue weighted by atomic mass is 127. The van der Waals surface area contributed by atoms with Crippen molar-refractivity contribution in [3.63, 3.8) is 0 Å². The Balaban J connectivity index is 2.21. The molecular formula is C10H8F3IO. The van der Waals surface area contributed by atoms with Crippen molar-refractivity contribution in [2.24, 2.45) is 0 Å². The van der Waals surface area contributed by atoms with Crippen molar-refractivity contribution in [1.82, 2.24) is 0 Å². The molecule has 5 heteroatoms. The smallest absolute Gasteiger partial charge is 0.416 e. The topological polar surface area (TPSA) is 9.23 Å². The van der Waals surface area contributed by atoms with Gasteiger partial charge in [-0.25, -0.2) is 0 Å². The number of ether oxygens (including phenoxy) is 1. The van der Waals surface area contributed by atoms with Gasteiger partial charge in [0.15, 0.2) is 0 Å². The van der Waals surface area contributed by atoms with E-state index in [0.29, 0.717) is 9.32 Å². The molecule has 0 N–H and O–H groups in total. The van der Waals surface area contributed by atoms with Crippen molar-refractivity contribution < 1.29 is 17.9 Å². The number of hydrogen-bond acceptors (Lipinski definition) is 1. The van der Waals surface area contributed by atoms with E-state index in [1.54, 1.807) is 0 Å². The molecule has 1 aliphatic rings. The van der Waals surface area contributed by atoms with Gasteiger partial charge in [-0.15, -0.1) is 0 Å². The predicted molar refractivity (Wildman–Crippen MR) is 57.8 cm³/mol. The van der Waals surface area contributed by atoms with Crippen molar-refractivity contribution in [3.05, 3.63) is 27.3 Å². The third kappa shape index (κ3) is 2.76. The number of halogens is 4. The molecule has 15 heavy (non-hydrogen) atoms. The largest absolute Gasteiger partial charge is 0.489 e. The Kier molecular flexibility index (Phi) is 2.83. The van der Waals surface area contributed by atoms with E-state index in [9.17, 15) is 13.2 Å². The van der Waals surface area contributed by atoms with Gasteiger partial charge in [-0.2, -0.15) is 13.2 Å². The fraction of sp³-hybridized carbons (Fsp3) is 0.400. The molecule has 0 aromatic heterocycles. The normalized spacial score (nSPS) is 16.5. The molecule has 0 radical (unpaired) electrons. The van der Waals surface area contributed by atoms with Crippen molar-refractivity contribution in [2.45, 2.75) is 25.1 Å². The molecule has 0 amide bonds. The van der Waals surface area contributed by atoms with E-state index in [1.807, 2.05) is 22.6 Å². The van der Waals surface area contributed by atoms with Crippen LogP contribution in [0.15, 0.2) is 18.2 Å². The summed E-state index contributed by atoms with van der Waals surface area (Å²) in [4.78, 5) is 0. The molecule has 1 saturated carbocycles. The molecule has 1 fully saturated rings. The maximum absolute atomic E-state index is 12.3. The van der Waals surface area contributed by atoms with Gasteiger partial charge in [0.2, 0.25) is 0 Å². The zero-order valence-electron chi connectivity index (χ0n) is 7.64. The van der Waals surface area contributed by atoms with Gasteiger partial charge in [0.05, 0.1) is 15.2 Å². The second-order valence-corrected chi connectivity index (χ2v) is 4.62. The summed E-state index contributed by atoms with van der Waals surface area (Å²) >= 11 is 1.86. The highest BCUT2D eigenvalue weighted by Gasteiger charge is 2.31. The van der Waals surface area contributed by atoms with Gasteiger partial charge in [-0.05, 0) is 53.6 Å². The molecule has 1 aromatic rings. The summed E-state index contributed by atoms with van der Waals surface area (Å²) in [6.45, 7) is 0. The number of rotatable bonds is 2. The maximum Gasteiger partial charge on any atom is 0.416 e. The first kappa shape index (κ1) is 11.0. The molecule has 0 heterocycles.